The van der Waals surface area contributed by atoms with Crippen LogP contribution in [-0.2, 0) is 4.79 Å². The summed E-state index contributed by atoms with van der Waals surface area (Å²) >= 11 is 0. The van der Waals surface area contributed by atoms with Crippen LogP contribution >= 0.6 is 0 Å². The highest BCUT2D eigenvalue weighted by molar-refractivity contribution is 5.78. The van der Waals surface area contributed by atoms with Crippen LogP contribution in [0.2, 0.25) is 0 Å². The lowest BCUT2D eigenvalue weighted by atomic mass is 10.1. The van der Waals surface area contributed by atoms with Crippen LogP contribution in [0.25, 0.3) is 11.3 Å². The standard InChI is InChI=1S/C25H28N4O3/c1-18-12-19(2)14-22(13-18)32-16-25(30)29-10-8-28(9-11-29)24-15-23(26-17-27-24)20-4-6-21(31-3)7-5-20/h4-7,12-15,17H,8-11,16H2,1-3H3. The molecule has 0 bridgehead atoms. The lowest BCUT2D eigenvalue weighted by molar-refractivity contribution is -0.133. The van der Waals surface area contributed by atoms with Crippen molar-refractivity contribution in [3.63, 3.8) is 0 Å². The van der Waals surface area contributed by atoms with Gasteiger partial charge in [-0.3, -0.25) is 4.79 Å². The Morgan fingerprint density at radius 1 is 0.906 bits per heavy atom. The Labute approximate surface area is 188 Å². The maximum absolute atomic E-state index is 12.6. The maximum Gasteiger partial charge on any atom is 0.260 e. The number of hydrogen-bond acceptors (Lipinski definition) is 6. The lowest BCUT2D eigenvalue weighted by Gasteiger charge is -2.35. The van der Waals surface area contributed by atoms with E-state index in [1.807, 2.05) is 61.2 Å². The van der Waals surface area contributed by atoms with Gasteiger partial charge in [0.05, 0.1) is 12.8 Å². The van der Waals surface area contributed by atoms with Crippen LogP contribution in [0.4, 0.5) is 5.82 Å². The molecule has 32 heavy (non-hydrogen) atoms. The molecule has 2 heterocycles. The van der Waals surface area contributed by atoms with E-state index in [1.54, 1.807) is 13.4 Å². The molecule has 7 heteroatoms. The average molecular weight is 433 g/mol. The largest absolute Gasteiger partial charge is 0.497 e. The van der Waals surface area contributed by atoms with E-state index >= 15 is 0 Å². The number of ether oxygens (including phenoxy) is 2. The molecule has 1 aliphatic heterocycles. The molecule has 1 saturated heterocycles. The van der Waals surface area contributed by atoms with E-state index in [1.165, 1.54) is 0 Å². The first kappa shape index (κ1) is 21.6. The normalized spacial score (nSPS) is 13.7. The van der Waals surface area contributed by atoms with Gasteiger partial charge >= 0.3 is 0 Å². The van der Waals surface area contributed by atoms with Crippen molar-refractivity contribution in [2.75, 3.05) is 44.8 Å². The molecule has 7 nitrogen and oxygen atoms in total. The predicted octanol–water partition coefficient (Wildman–Crippen LogP) is 3.50. The topological polar surface area (TPSA) is 67.8 Å². The maximum atomic E-state index is 12.6. The highest BCUT2D eigenvalue weighted by atomic mass is 16.5. The molecule has 3 aromatic rings. The summed E-state index contributed by atoms with van der Waals surface area (Å²) < 4.78 is 11.0. The fourth-order valence-corrected chi connectivity index (χ4v) is 3.88. The highest BCUT2D eigenvalue weighted by Crippen LogP contribution is 2.24. The number of carbonyl (C=O) groups excluding carboxylic acids is 1. The monoisotopic (exact) mass is 432 g/mol. The summed E-state index contributed by atoms with van der Waals surface area (Å²) in [7, 11) is 1.65. The first-order valence-electron chi connectivity index (χ1n) is 10.7. The number of amides is 1. The van der Waals surface area contributed by atoms with Gasteiger partial charge in [-0.15, -0.1) is 0 Å². The molecule has 1 aliphatic rings. The van der Waals surface area contributed by atoms with E-state index in [0.29, 0.717) is 26.2 Å². The van der Waals surface area contributed by atoms with Crippen molar-refractivity contribution >= 4 is 11.7 Å². The molecule has 0 spiro atoms. The van der Waals surface area contributed by atoms with Crippen molar-refractivity contribution in [3.05, 3.63) is 66.0 Å². The molecular weight excluding hydrogens is 404 g/mol. The number of methoxy groups -OCH3 is 1. The lowest BCUT2D eigenvalue weighted by Crippen LogP contribution is -2.50. The molecule has 1 fully saturated rings. The molecule has 0 radical (unpaired) electrons. The Hall–Kier alpha value is -3.61. The van der Waals surface area contributed by atoms with E-state index in [9.17, 15) is 4.79 Å². The van der Waals surface area contributed by atoms with E-state index in [-0.39, 0.29) is 12.5 Å². The third kappa shape index (κ3) is 5.17. The van der Waals surface area contributed by atoms with Gasteiger partial charge < -0.3 is 19.3 Å². The van der Waals surface area contributed by atoms with E-state index in [4.69, 9.17) is 9.47 Å². The van der Waals surface area contributed by atoms with Gasteiger partial charge in [-0.25, -0.2) is 9.97 Å². The van der Waals surface area contributed by atoms with Crippen molar-refractivity contribution in [2.24, 2.45) is 0 Å². The zero-order valence-corrected chi connectivity index (χ0v) is 18.7. The number of aryl methyl sites for hydroxylation is 2. The van der Waals surface area contributed by atoms with Gasteiger partial charge in [0.1, 0.15) is 23.6 Å². The van der Waals surface area contributed by atoms with Gasteiger partial charge in [-0.1, -0.05) is 6.07 Å². The average Bonchev–Trinajstić information content (AvgIpc) is 2.82. The predicted molar refractivity (Wildman–Crippen MR) is 124 cm³/mol. The number of carbonyl (C=O) groups is 1. The molecule has 0 N–H and O–H groups in total. The van der Waals surface area contributed by atoms with Gasteiger partial charge in [0.2, 0.25) is 0 Å². The second kappa shape index (κ2) is 9.68. The van der Waals surface area contributed by atoms with Crippen molar-refractivity contribution in [1.29, 1.82) is 0 Å². The second-order valence-electron chi connectivity index (χ2n) is 7.97. The van der Waals surface area contributed by atoms with Crippen molar-refractivity contribution in [3.8, 4) is 22.8 Å². The molecule has 0 saturated carbocycles. The molecule has 0 aliphatic carbocycles. The Balaban J connectivity index is 1.33. The fraction of sp³-hybridized carbons (Fsp3) is 0.320. The Morgan fingerprint density at radius 3 is 2.25 bits per heavy atom. The molecule has 166 valence electrons. The number of anilines is 1. The van der Waals surface area contributed by atoms with Crippen molar-refractivity contribution in [2.45, 2.75) is 13.8 Å². The fourth-order valence-electron chi connectivity index (χ4n) is 3.88. The minimum Gasteiger partial charge on any atom is -0.497 e. The SMILES string of the molecule is COc1ccc(-c2cc(N3CCN(C(=O)COc4cc(C)cc(C)c4)CC3)ncn2)cc1. The number of piperazine rings is 1. The van der Waals surface area contributed by atoms with Gasteiger partial charge in [0, 0.05) is 37.8 Å². The van der Waals surface area contributed by atoms with Crippen LogP contribution in [-0.4, -0.2) is 60.7 Å². The smallest absolute Gasteiger partial charge is 0.260 e. The van der Waals surface area contributed by atoms with Crippen LogP contribution in [0.15, 0.2) is 54.9 Å². The summed E-state index contributed by atoms with van der Waals surface area (Å²) in [6.45, 7) is 6.80. The van der Waals surface area contributed by atoms with Gasteiger partial charge in [0.15, 0.2) is 6.61 Å². The Morgan fingerprint density at radius 2 is 1.59 bits per heavy atom. The molecule has 1 amide bonds. The number of aromatic nitrogens is 2. The van der Waals surface area contributed by atoms with Gasteiger partial charge in [0.25, 0.3) is 5.91 Å². The molecular formula is C25H28N4O3. The van der Waals surface area contributed by atoms with Crippen LogP contribution in [0, 0.1) is 13.8 Å². The summed E-state index contributed by atoms with van der Waals surface area (Å²) in [6, 6.07) is 15.8. The summed E-state index contributed by atoms with van der Waals surface area (Å²) in [6.07, 6.45) is 1.59. The summed E-state index contributed by atoms with van der Waals surface area (Å²) in [5, 5.41) is 0. The zero-order chi connectivity index (χ0) is 22.5. The van der Waals surface area contributed by atoms with Crippen LogP contribution in [0.1, 0.15) is 11.1 Å². The number of nitrogens with zero attached hydrogens (tertiary/aromatic N) is 4. The first-order valence-corrected chi connectivity index (χ1v) is 10.7. The third-order valence-electron chi connectivity index (χ3n) is 5.55. The van der Waals surface area contributed by atoms with Crippen molar-refractivity contribution < 1.29 is 14.3 Å². The third-order valence-corrected chi connectivity index (χ3v) is 5.55. The van der Waals surface area contributed by atoms with E-state index < -0.39 is 0 Å². The summed E-state index contributed by atoms with van der Waals surface area (Å²) in [5.41, 5.74) is 4.12. The zero-order valence-electron chi connectivity index (χ0n) is 18.7. The van der Waals surface area contributed by atoms with Gasteiger partial charge in [-0.05, 0) is 61.4 Å². The van der Waals surface area contributed by atoms with Crippen LogP contribution in [0.3, 0.4) is 0 Å². The number of hydrogen-bond donors (Lipinski definition) is 0. The number of rotatable bonds is 6. The summed E-state index contributed by atoms with van der Waals surface area (Å²) in [5.74, 6) is 2.42. The Bertz CT molecular complexity index is 1060. The summed E-state index contributed by atoms with van der Waals surface area (Å²) in [4.78, 5) is 25.5. The van der Waals surface area contributed by atoms with Crippen molar-refractivity contribution in [1.82, 2.24) is 14.9 Å². The Kier molecular flexibility index (Phi) is 6.54. The van der Waals surface area contributed by atoms with E-state index in [2.05, 4.69) is 20.9 Å². The second-order valence-corrected chi connectivity index (χ2v) is 7.97. The quantitative estimate of drug-likeness (QED) is 0.594. The van der Waals surface area contributed by atoms with Crippen LogP contribution < -0.4 is 14.4 Å². The molecule has 4 rings (SSSR count). The number of benzene rings is 2. The first-order chi connectivity index (χ1) is 15.5. The molecule has 0 atom stereocenters. The molecule has 0 unspecified atom stereocenters. The van der Waals surface area contributed by atoms with E-state index in [0.717, 1.165) is 39.7 Å². The highest BCUT2D eigenvalue weighted by Gasteiger charge is 2.22. The van der Waals surface area contributed by atoms with Gasteiger partial charge in [-0.2, -0.15) is 0 Å². The molecule has 2 aromatic carbocycles. The minimum absolute atomic E-state index is 0.00502. The molecule has 1 aromatic heterocycles. The minimum atomic E-state index is 0.00502. The van der Waals surface area contributed by atoms with Crippen LogP contribution in [0.5, 0.6) is 11.5 Å².